The molecule has 1 aromatic heterocycles. The minimum Gasteiger partial charge on any atom is -0.374 e. The van der Waals surface area contributed by atoms with Crippen molar-refractivity contribution < 1.29 is 4.74 Å². The van der Waals surface area contributed by atoms with Crippen molar-refractivity contribution in [2.45, 2.75) is 33.3 Å². The van der Waals surface area contributed by atoms with Gasteiger partial charge in [-0.1, -0.05) is 24.9 Å². The summed E-state index contributed by atoms with van der Waals surface area (Å²) in [4.78, 5) is 8.42. The molecule has 0 aliphatic carbocycles. The van der Waals surface area contributed by atoms with Gasteiger partial charge in [0.1, 0.15) is 11.8 Å². The van der Waals surface area contributed by atoms with Crippen LogP contribution >= 0.6 is 11.6 Å². The average Bonchev–Trinajstić information content (AvgIpc) is 2.14. The largest absolute Gasteiger partial charge is 0.374 e. The molecule has 0 unspecified atom stereocenters. The summed E-state index contributed by atoms with van der Waals surface area (Å²) in [7, 11) is 0. The molecule has 0 spiro atoms. The van der Waals surface area contributed by atoms with E-state index in [-0.39, 0.29) is 0 Å². The van der Waals surface area contributed by atoms with E-state index in [9.17, 15) is 0 Å². The maximum Gasteiger partial charge on any atom is 0.155 e. The standard InChI is InChI=1S/C10H15ClN2O/c1-3-5-8-6-9(11)13-10(12-8)7-14-4-2/h6H,3-5,7H2,1-2H3. The lowest BCUT2D eigenvalue weighted by Gasteiger charge is -2.03. The van der Waals surface area contributed by atoms with E-state index in [1.807, 2.05) is 6.92 Å². The number of aryl methyl sites for hydroxylation is 1. The van der Waals surface area contributed by atoms with Gasteiger partial charge in [-0.15, -0.1) is 0 Å². The van der Waals surface area contributed by atoms with Crippen LogP contribution in [0.15, 0.2) is 6.07 Å². The lowest BCUT2D eigenvalue weighted by molar-refractivity contribution is 0.128. The van der Waals surface area contributed by atoms with E-state index in [0.29, 0.717) is 24.2 Å². The Labute approximate surface area is 89.5 Å². The van der Waals surface area contributed by atoms with E-state index >= 15 is 0 Å². The highest BCUT2D eigenvalue weighted by atomic mass is 35.5. The summed E-state index contributed by atoms with van der Waals surface area (Å²) in [6, 6.07) is 1.81. The number of hydrogen-bond donors (Lipinski definition) is 0. The Morgan fingerprint density at radius 3 is 2.79 bits per heavy atom. The summed E-state index contributed by atoms with van der Waals surface area (Å²) in [5.74, 6) is 0.669. The second kappa shape index (κ2) is 5.94. The minimum absolute atomic E-state index is 0.438. The molecular formula is C10H15ClN2O. The maximum atomic E-state index is 5.86. The van der Waals surface area contributed by atoms with Crippen molar-refractivity contribution in [3.05, 3.63) is 22.7 Å². The van der Waals surface area contributed by atoms with Gasteiger partial charge >= 0.3 is 0 Å². The van der Waals surface area contributed by atoms with E-state index in [4.69, 9.17) is 16.3 Å². The van der Waals surface area contributed by atoms with E-state index < -0.39 is 0 Å². The fraction of sp³-hybridized carbons (Fsp3) is 0.600. The quantitative estimate of drug-likeness (QED) is 0.707. The van der Waals surface area contributed by atoms with Gasteiger partial charge in [-0.25, -0.2) is 9.97 Å². The topological polar surface area (TPSA) is 35.0 Å². The van der Waals surface area contributed by atoms with Crippen LogP contribution in [0.5, 0.6) is 0 Å². The Morgan fingerprint density at radius 1 is 1.36 bits per heavy atom. The van der Waals surface area contributed by atoms with Crippen LogP contribution in [-0.4, -0.2) is 16.6 Å². The van der Waals surface area contributed by atoms with Gasteiger partial charge in [0.15, 0.2) is 5.82 Å². The summed E-state index contributed by atoms with van der Waals surface area (Å²) in [5.41, 5.74) is 0.988. The number of rotatable bonds is 5. The molecule has 0 atom stereocenters. The molecule has 4 heteroatoms. The number of nitrogens with zero attached hydrogens (tertiary/aromatic N) is 2. The summed E-state index contributed by atoms with van der Waals surface area (Å²) < 4.78 is 5.22. The zero-order valence-electron chi connectivity index (χ0n) is 8.59. The molecule has 0 saturated heterocycles. The highest BCUT2D eigenvalue weighted by Gasteiger charge is 2.02. The van der Waals surface area contributed by atoms with E-state index in [2.05, 4.69) is 16.9 Å². The second-order valence-electron chi connectivity index (χ2n) is 2.99. The number of aromatic nitrogens is 2. The zero-order chi connectivity index (χ0) is 10.4. The van der Waals surface area contributed by atoms with Crippen LogP contribution in [0.4, 0.5) is 0 Å². The highest BCUT2D eigenvalue weighted by molar-refractivity contribution is 6.29. The number of ether oxygens (including phenoxy) is 1. The second-order valence-corrected chi connectivity index (χ2v) is 3.37. The summed E-state index contributed by atoms with van der Waals surface area (Å²) in [6.07, 6.45) is 1.99. The fourth-order valence-corrected chi connectivity index (χ4v) is 1.38. The molecule has 3 nitrogen and oxygen atoms in total. The molecule has 0 N–H and O–H groups in total. The summed E-state index contributed by atoms with van der Waals surface area (Å²) in [6.45, 7) is 5.16. The first-order valence-electron chi connectivity index (χ1n) is 4.86. The monoisotopic (exact) mass is 214 g/mol. The molecule has 0 radical (unpaired) electrons. The molecule has 0 aliphatic heterocycles. The fourth-order valence-electron chi connectivity index (χ4n) is 1.16. The molecule has 78 valence electrons. The first-order valence-corrected chi connectivity index (χ1v) is 5.24. The molecule has 0 bridgehead atoms. The first-order chi connectivity index (χ1) is 6.76. The van der Waals surface area contributed by atoms with E-state index in [1.165, 1.54) is 0 Å². The smallest absolute Gasteiger partial charge is 0.155 e. The predicted molar refractivity (Wildman–Crippen MR) is 56.4 cm³/mol. The molecule has 1 aromatic rings. The van der Waals surface area contributed by atoms with Crippen molar-refractivity contribution in [1.82, 2.24) is 9.97 Å². The molecule has 0 fully saturated rings. The van der Waals surface area contributed by atoms with Gasteiger partial charge in [-0.05, 0) is 19.4 Å². The van der Waals surface area contributed by atoms with Crippen molar-refractivity contribution in [3.63, 3.8) is 0 Å². The van der Waals surface area contributed by atoms with Gasteiger partial charge in [-0.3, -0.25) is 0 Å². The first kappa shape index (κ1) is 11.4. The molecular weight excluding hydrogens is 200 g/mol. The van der Waals surface area contributed by atoms with Gasteiger partial charge in [0.2, 0.25) is 0 Å². The van der Waals surface area contributed by atoms with Gasteiger partial charge in [-0.2, -0.15) is 0 Å². The molecule has 1 heterocycles. The Morgan fingerprint density at radius 2 is 2.14 bits per heavy atom. The average molecular weight is 215 g/mol. The molecule has 0 saturated carbocycles. The Hall–Kier alpha value is -0.670. The lowest BCUT2D eigenvalue weighted by Crippen LogP contribution is -2.02. The van der Waals surface area contributed by atoms with Crippen LogP contribution in [-0.2, 0) is 17.8 Å². The van der Waals surface area contributed by atoms with E-state index in [0.717, 1.165) is 18.5 Å². The van der Waals surface area contributed by atoms with Crippen molar-refractivity contribution in [2.24, 2.45) is 0 Å². The number of hydrogen-bond acceptors (Lipinski definition) is 3. The maximum absolute atomic E-state index is 5.86. The minimum atomic E-state index is 0.438. The van der Waals surface area contributed by atoms with Crippen LogP contribution in [0.3, 0.4) is 0 Å². The Kier molecular flexibility index (Phi) is 4.84. The molecule has 14 heavy (non-hydrogen) atoms. The zero-order valence-corrected chi connectivity index (χ0v) is 9.34. The van der Waals surface area contributed by atoms with Gasteiger partial charge in [0.05, 0.1) is 0 Å². The Balaban J connectivity index is 2.73. The van der Waals surface area contributed by atoms with Crippen LogP contribution in [0.25, 0.3) is 0 Å². The third-order valence-electron chi connectivity index (χ3n) is 1.74. The van der Waals surface area contributed by atoms with Crippen LogP contribution < -0.4 is 0 Å². The molecule has 0 aromatic carbocycles. The third-order valence-corrected chi connectivity index (χ3v) is 1.93. The van der Waals surface area contributed by atoms with Crippen LogP contribution in [0.1, 0.15) is 31.8 Å². The van der Waals surface area contributed by atoms with Crippen molar-refractivity contribution in [2.75, 3.05) is 6.61 Å². The van der Waals surface area contributed by atoms with Crippen molar-refractivity contribution >= 4 is 11.6 Å². The van der Waals surface area contributed by atoms with Gasteiger partial charge in [0.25, 0.3) is 0 Å². The Bertz CT molecular complexity index is 291. The number of halogens is 1. The van der Waals surface area contributed by atoms with Crippen molar-refractivity contribution in [1.29, 1.82) is 0 Å². The molecule has 1 rings (SSSR count). The highest BCUT2D eigenvalue weighted by Crippen LogP contribution is 2.09. The van der Waals surface area contributed by atoms with Gasteiger partial charge < -0.3 is 4.74 Å². The van der Waals surface area contributed by atoms with E-state index in [1.54, 1.807) is 6.07 Å². The van der Waals surface area contributed by atoms with Crippen LogP contribution in [0, 0.1) is 0 Å². The lowest BCUT2D eigenvalue weighted by atomic mass is 10.2. The summed E-state index contributed by atoms with van der Waals surface area (Å²) >= 11 is 5.86. The predicted octanol–water partition coefficient (Wildman–Crippen LogP) is 2.62. The third kappa shape index (κ3) is 3.60. The normalized spacial score (nSPS) is 10.5. The molecule has 0 aliphatic rings. The van der Waals surface area contributed by atoms with Gasteiger partial charge in [0, 0.05) is 12.3 Å². The van der Waals surface area contributed by atoms with Crippen LogP contribution in [0.2, 0.25) is 5.15 Å². The van der Waals surface area contributed by atoms with Crippen molar-refractivity contribution in [3.8, 4) is 0 Å². The summed E-state index contributed by atoms with van der Waals surface area (Å²) in [5, 5.41) is 0.498. The SMILES string of the molecule is CCCc1cc(Cl)nc(COCC)n1. The molecule has 0 amide bonds.